The van der Waals surface area contributed by atoms with Crippen molar-refractivity contribution in [2.75, 3.05) is 24.4 Å². The minimum atomic E-state index is -0.283. The molecular weight excluding hydrogens is 350 g/mol. The number of amides is 2. The number of hydrogen-bond donors (Lipinski definition) is 2. The normalized spacial score (nSPS) is 10.1. The minimum absolute atomic E-state index is 0.0275. The molecule has 0 unspecified atom stereocenters. The molecule has 114 valence electrons. The molecule has 0 aliphatic rings. The van der Waals surface area contributed by atoms with E-state index in [1.165, 1.54) is 13.3 Å². The third kappa shape index (κ3) is 4.64. The number of aromatic nitrogens is 1. The first-order valence-corrected chi connectivity index (χ1v) is 7.18. The highest BCUT2D eigenvalue weighted by molar-refractivity contribution is 9.10. The van der Waals surface area contributed by atoms with E-state index < -0.39 is 0 Å². The second-order valence-electron chi connectivity index (χ2n) is 4.41. The average molecular weight is 364 g/mol. The van der Waals surface area contributed by atoms with Gasteiger partial charge in [0.05, 0.1) is 5.56 Å². The first kappa shape index (κ1) is 16.1. The van der Waals surface area contributed by atoms with Crippen LogP contribution in [0.15, 0.2) is 47.2 Å². The number of nitrogens with one attached hydrogen (secondary N) is 2. The Morgan fingerprint density at radius 1 is 1.18 bits per heavy atom. The van der Waals surface area contributed by atoms with Gasteiger partial charge in [0.25, 0.3) is 5.91 Å². The van der Waals surface area contributed by atoms with Crippen LogP contribution in [0.1, 0.15) is 10.4 Å². The van der Waals surface area contributed by atoms with Crippen molar-refractivity contribution in [1.29, 1.82) is 0 Å². The van der Waals surface area contributed by atoms with E-state index in [2.05, 4.69) is 31.5 Å². The Kier molecular flexibility index (Phi) is 5.62. The topological polar surface area (TPSA) is 80.3 Å². The first-order chi connectivity index (χ1) is 10.6. The van der Waals surface area contributed by atoms with Crippen molar-refractivity contribution in [1.82, 2.24) is 4.98 Å². The number of carbonyl (C=O) groups is 2. The molecule has 2 N–H and O–H groups in total. The molecule has 2 rings (SSSR count). The molecule has 0 radical (unpaired) electrons. The number of ether oxygens (including phenoxy) is 1. The van der Waals surface area contributed by atoms with E-state index >= 15 is 0 Å². The fourth-order valence-electron chi connectivity index (χ4n) is 1.74. The highest BCUT2D eigenvalue weighted by atomic mass is 79.9. The molecule has 0 aliphatic heterocycles. The maximum atomic E-state index is 12.1. The lowest BCUT2D eigenvalue weighted by atomic mass is 10.2. The molecule has 2 amide bonds. The average Bonchev–Trinajstić information content (AvgIpc) is 2.47. The van der Waals surface area contributed by atoms with E-state index in [4.69, 9.17) is 4.74 Å². The maximum Gasteiger partial charge on any atom is 0.257 e. The van der Waals surface area contributed by atoms with Gasteiger partial charge >= 0.3 is 0 Å². The molecule has 1 aromatic heterocycles. The van der Waals surface area contributed by atoms with Gasteiger partial charge in [-0.05, 0) is 40.2 Å². The van der Waals surface area contributed by atoms with Crippen molar-refractivity contribution in [2.45, 2.75) is 0 Å². The summed E-state index contributed by atoms with van der Waals surface area (Å²) in [6, 6.07) is 8.53. The van der Waals surface area contributed by atoms with Gasteiger partial charge in [-0.3, -0.25) is 14.6 Å². The van der Waals surface area contributed by atoms with Gasteiger partial charge in [-0.15, -0.1) is 0 Å². The van der Waals surface area contributed by atoms with Gasteiger partial charge in [0.15, 0.2) is 0 Å². The van der Waals surface area contributed by atoms with E-state index in [9.17, 15) is 9.59 Å². The van der Waals surface area contributed by atoms with Crippen LogP contribution in [0.2, 0.25) is 0 Å². The molecule has 0 bridgehead atoms. The predicted molar refractivity (Wildman–Crippen MR) is 86.8 cm³/mol. The molecule has 2 aromatic rings. The Morgan fingerprint density at radius 3 is 2.59 bits per heavy atom. The summed E-state index contributed by atoms with van der Waals surface area (Å²) in [4.78, 5) is 27.5. The largest absolute Gasteiger partial charge is 0.375 e. The minimum Gasteiger partial charge on any atom is -0.375 e. The molecule has 1 aromatic carbocycles. The third-order valence-corrected chi connectivity index (χ3v) is 3.08. The molecule has 0 spiro atoms. The van der Waals surface area contributed by atoms with Gasteiger partial charge in [0.1, 0.15) is 6.61 Å². The van der Waals surface area contributed by atoms with Crippen molar-refractivity contribution < 1.29 is 14.3 Å². The van der Waals surface area contributed by atoms with Crippen molar-refractivity contribution in [3.8, 4) is 0 Å². The second-order valence-corrected chi connectivity index (χ2v) is 5.32. The summed E-state index contributed by atoms with van der Waals surface area (Å²) >= 11 is 3.27. The summed E-state index contributed by atoms with van der Waals surface area (Å²) in [6.07, 6.45) is 3.08. The lowest BCUT2D eigenvalue weighted by molar-refractivity contribution is -0.119. The van der Waals surface area contributed by atoms with Crippen molar-refractivity contribution >= 4 is 39.1 Å². The number of carbonyl (C=O) groups excluding carboxylic acids is 2. The van der Waals surface area contributed by atoms with Gasteiger partial charge in [-0.1, -0.05) is 6.07 Å². The van der Waals surface area contributed by atoms with Gasteiger partial charge in [-0.25, -0.2) is 0 Å². The Morgan fingerprint density at radius 2 is 1.91 bits per heavy atom. The summed E-state index contributed by atoms with van der Waals surface area (Å²) in [7, 11) is 1.45. The second kappa shape index (κ2) is 7.67. The summed E-state index contributed by atoms with van der Waals surface area (Å²) in [5.41, 5.74) is 1.58. The smallest absolute Gasteiger partial charge is 0.257 e. The number of rotatable bonds is 5. The van der Waals surface area contributed by atoms with Crippen LogP contribution in [0, 0.1) is 0 Å². The summed E-state index contributed by atoms with van der Waals surface area (Å²) in [5.74, 6) is -0.545. The molecule has 0 fully saturated rings. The van der Waals surface area contributed by atoms with E-state index in [1.807, 2.05) is 0 Å². The van der Waals surface area contributed by atoms with Gasteiger partial charge in [0.2, 0.25) is 5.91 Å². The zero-order valence-electron chi connectivity index (χ0n) is 11.8. The zero-order valence-corrected chi connectivity index (χ0v) is 13.4. The quantitative estimate of drug-likeness (QED) is 0.855. The molecule has 0 aliphatic carbocycles. The van der Waals surface area contributed by atoms with Crippen LogP contribution in [0.5, 0.6) is 0 Å². The van der Waals surface area contributed by atoms with Crippen LogP contribution in [0.25, 0.3) is 0 Å². The molecule has 0 atom stereocenters. The first-order valence-electron chi connectivity index (χ1n) is 6.39. The maximum absolute atomic E-state index is 12.1. The zero-order chi connectivity index (χ0) is 15.9. The van der Waals surface area contributed by atoms with Crippen LogP contribution in [-0.4, -0.2) is 30.5 Å². The molecule has 0 saturated heterocycles. The Balaban J connectivity index is 2.07. The van der Waals surface area contributed by atoms with E-state index in [0.717, 1.165) is 4.47 Å². The molecular formula is C15H14BrN3O3. The van der Waals surface area contributed by atoms with Crippen LogP contribution in [0.3, 0.4) is 0 Å². The molecule has 7 heteroatoms. The van der Waals surface area contributed by atoms with Crippen LogP contribution >= 0.6 is 15.9 Å². The Bertz CT molecular complexity index is 691. The fraction of sp³-hybridized carbons (Fsp3) is 0.133. The fourth-order valence-corrected chi connectivity index (χ4v) is 2.11. The number of hydrogen-bond acceptors (Lipinski definition) is 4. The highest BCUT2D eigenvalue weighted by Crippen LogP contribution is 2.17. The Hall–Kier alpha value is -2.25. The number of methoxy groups -OCH3 is 1. The number of anilines is 2. The monoisotopic (exact) mass is 363 g/mol. The molecule has 22 heavy (non-hydrogen) atoms. The Labute approximate surface area is 136 Å². The van der Waals surface area contributed by atoms with E-state index in [-0.39, 0.29) is 18.4 Å². The van der Waals surface area contributed by atoms with Crippen molar-refractivity contribution in [2.24, 2.45) is 0 Å². The summed E-state index contributed by atoms with van der Waals surface area (Å²) in [6.45, 7) is -0.0275. The molecule has 6 nitrogen and oxygen atoms in total. The number of benzene rings is 1. The van der Waals surface area contributed by atoms with Crippen LogP contribution < -0.4 is 10.6 Å². The van der Waals surface area contributed by atoms with Gasteiger partial charge in [0, 0.05) is 35.4 Å². The summed E-state index contributed by atoms with van der Waals surface area (Å²) in [5, 5.41) is 5.42. The van der Waals surface area contributed by atoms with E-state index in [0.29, 0.717) is 16.9 Å². The number of pyridine rings is 1. The summed E-state index contributed by atoms with van der Waals surface area (Å²) < 4.78 is 5.47. The van der Waals surface area contributed by atoms with Crippen molar-refractivity contribution in [3.05, 3.63) is 52.8 Å². The highest BCUT2D eigenvalue weighted by Gasteiger charge is 2.08. The lowest BCUT2D eigenvalue weighted by Crippen LogP contribution is -2.17. The standard InChI is InChI=1S/C15H14BrN3O3/c1-22-9-14(20)18-12-3-2-4-13(6-12)19-15(21)10-5-11(16)8-17-7-10/h2-8H,9H2,1H3,(H,18,20)(H,19,21). The SMILES string of the molecule is COCC(=O)Nc1cccc(NC(=O)c2cncc(Br)c2)c1. The van der Waals surface area contributed by atoms with E-state index in [1.54, 1.807) is 36.5 Å². The van der Waals surface area contributed by atoms with Crippen molar-refractivity contribution in [3.63, 3.8) is 0 Å². The molecule has 0 saturated carbocycles. The predicted octanol–water partition coefficient (Wildman–Crippen LogP) is 2.68. The van der Waals surface area contributed by atoms with Gasteiger partial charge in [-0.2, -0.15) is 0 Å². The number of nitrogens with zero attached hydrogens (tertiary/aromatic N) is 1. The van der Waals surface area contributed by atoms with Gasteiger partial charge < -0.3 is 15.4 Å². The third-order valence-electron chi connectivity index (χ3n) is 2.65. The lowest BCUT2D eigenvalue weighted by Gasteiger charge is -2.08. The van der Waals surface area contributed by atoms with Crippen LogP contribution in [0.4, 0.5) is 11.4 Å². The van der Waals surface area contributed by atoms with Crippen LogP contribution in [-0.2, 0) is 9.53 Å². The number of halogens is 1. The molecule has 1 heterocycles.